The van der Waals surface area contributed by atoms with E-state index in [1.165, 1.54) is 0 Å². The number of carbonyl (C=O) groups excluding carboxylic acids is 1. The summed E-state index contributed by atoms with van der Waals surface area (Å²) in [5, 5.41) is 8.79. The average Bonchev–Trinajstić information content (AvgIpc) is 2.58. The highest BCUT2D eigenvalue weighted by Crippen LogP contribution is 2.29. The number of aliphatic hydroxyl groups excluding tert-OH is 1. The van der Waals surface area contributed by atoms with E-state index in [9.17, 15) is 4.79 Å². The maximum absolute atomic E-state index is 12.4. The highest BCUT2D eigenvalue weighted by molar-refractivity contribution is 5.91. The van der Waals surface area contributed by atoms with Gasteiger partial charge >= 0.3 is 0 Å². The molecule has 2 saturated carbocycles. The van der Waals surface area contributed by atoms with Gasteiger partial charge in [0.25, 0.3) is 0 Å². The van der Waals surface area contributed by atoms with Crippen molar-refractivity contribution in [2.75, 3.05) is 27.3 Å². The quantitative estimate of drug-likeness (QED) is 0.732. The van der Waals surface area contributed by atoms with Crippen LogP contribution in [0.1, 0.15) is 51.4 Å². The molecule has 0 aliphatic heterocycles. The fraction of sp³-hybridized carbons (Fsp3) is 0.842. The average molecular weight is 323 g/mol. The fourth-order valence-electron chi connectivity index (χ4n) is 3.91. The molecule has 4 nitrogen and oxygen atoms in total. The molecule has 0 saturated heterocycles. The third-order valence-electron chi connectivity index (χ3n) is 5.53. The predicted octanol–water partition coefficient (Wildman–Crippen LogP) is 2.80. The highest BCUT2D eigenvalue weighted by atomic mass is 16.5. The van der Waals surface area contributed by atoms with Gasteiger partial charge in [0.1, 0.15) is 0 Å². The van der Waals surface area contributed by atoms with Crippen molar-refractivity contribution in [3.05, 3.63) is 12.2 Å². The van der Waals surface area contributed by atoms with E-state index in [4.69, 9.17) is 9.84 Å². The van der Waals surface area contributed by atoms with Crippen LogP contribution in [0, 0.1) is 11.8 Å². The molecule has 0 heterocycles. The topological polar surface area (TPSA) is 49.8 Å². The Morgan fingerprint density at radius 2 is 1.74 bits per heavy atom. The van der Waals surface area contributed by atoms with E-state index >= 15 is 0 Å². The third kappa shape index (κ3) is 6.02. The van der Waals surface area contributed by atoms with Crippen LogP contribution in [-0.4, -0.2) is 55.2 Å². The zero-order valence-corrected chi connectivity index (χ0v) is 14.7. The highest BCUT2D eigenvalue weighted by Gasteiger charge is 2.26. The van der Waals surface area contributed by atoms with Crippen molar-refractivity contribution in [3.63, 3.8) is 0 Å². The van der Waals surface area contributed by atoms with E-state index in [1.807, 2.05) is 6.08 Å². The minimum absolute atomic E-state index is 0.102. The minimum Gasteiger partial charge on any atom is -0.394 e. The van der Waals surface area contributed by atoms with Crippen molar-refractivity contribution < 1.29 is 14.6 Å². The Morgan fingerprint density at radius 3 is 2.30 bits per heavy atom. The molecule has 2 aliphatic rings. The lowest BCUT2D eigenvalue weighted by atomic mass is 9.82. The van der Waals surface area contributed by atoms with Gasteiger partial charge in [0, 0.05) is 12.0 Å². The Labute approximate surface area is 140 Å². The van der Waals surface area contributed by atoms with Gasteiger partial charge in [-0.15, -0.1) is 0 Å². The molecule has 0 aromatic carbocycles. The number of allylic oxidation sites excluding steroid dienone is 2. The number of hydrogen-bond acceptors (Lipinski definition) is 4. The molecule has 2 fully saturated rings. The van der Waals surface area contributed by atoms with Crippen LogP contribution in [0.4, 0.5) is 0 Å². The normalized spacial score (nSPS) is 32.5. The maximum Gasteiger partial charge on any atom is 0.158 e. The number of hydrogen-bond donors (Lipinski definition) is 1. The molecular weight excluding hydrogens is 290 g/mol. The molecule has 0 atom stereocenters. The van der Waals surface area contributed by atoms with Crippen molar-refractivity contribution >= 4 is 5.78 Å². The second-order valence-electron chi connectivity index (χ2n) is 7.36. The Morgan fingerprint density at radius 1 is 1.09 bits per heavy atom. The van der Waals surface area contributed by atoms with Gasteiger partial charge in [0.05, 0.1) is 19.3 Å². The Kier molecular flexibility index (Phi) is 7.74. The van der Waals surface area contributed by atoms with Crippen molar-refractivity contribution in [3.8, 4) is 0 Å². The third-order valence-corrected chi connectivity index (χ3v) is 5.53. The first kappa shape index (κ1) is 18.6. The van der Waals surface area contributed by atoms with Crippen molar-refractivity contribution in [1.82, 2.24) is 4.90 Å². The molecule has 0 spiro atoms. The van der Waals surface area contributed by atoms with Gasteiger partial charge in [0.2, 0.25) is 0 Å². The Bertz CT molecular complexity index is 378. The van der Waals surface area contributed by atoms with Crippen LogP contribution < -0.4 is 0 Å². The van der Waals surface area contributed by atoms with Crippen LogP contribution in [0.5, 0.6) is 0 Å². The standard InChI is InChI=1S/C19H33NO3/c1-20(2)17-8-6-16(7-9-17)19(22)12-5-15-3-10-18(11-4-15)23-14-13-21/h5,12,15-18,21H,3-4,6-11,13-14H2,1-2H3/b12-5+. The summed E-state index contributed by atoms with van der Waals surface area (Å²) in [5.41, 5.74) is 0. The van der Waals surface area contributed by atoms with Crippen LogP contribution in [0.2, 0.25) is 0 Å². The smallest absolute Gasteiger partial charge is 0.158 e. The number of carbonyl (C=O) groups is 1. The number of aliphatic hydroxyl groups is 1. The van der Waals surface area contributed by atoms with Crippen LogP contribution >= 0.6 is 0 Å². The largest absolute Gasteiger partial charge is 0.394 e. The van der Waals surface area contributed by atoms with Gasteiger partial charge in [-0.3, -0.25) is 4.79 Å². The number of ether oxygens (including phenoxy) is 1. The Balaban J connectivity index is 1.69. The molecule has 23 heavy (non-hydrogen) atoms. The van der Waals surface area contributed by atoms with Crippen LogP contribution in [-0.2, 0) is 9.53 Å². The lowest BCUT2D eigenvalue weighted by molar-refractivity contribution is -0.119. The molecule has 2 rings (SSSR count). The van der Waals surface area contributed by atoms with Gasteiger partial charge in [0.15, 0.2) is 5.78 Å². The predicted molar refractivity (Wildman–Crippen MR) is 92.4 cm³/mol. The van der Waals surface area contributed by atoms with Gasteiger partial charge in [-0.25, -0.2) is 0 Å². The molecule has 0 amide bonds. The molecule has 0 radical (unpaired) electrons. The van der Waals surface area contributed by atoms with Gasteiger partial charge in [-0.2, -0.15) is 0 Å². The SMILES string of the molecule is CN(C)C1CCC(C(=O)/C=C/C2CCC(OCCO)CC2)CC1. The first-order valence-electron chi connectivity index (χ1n) is 9.21. The molecule has 132 valence electrons. The molecule has 4 heteroatoms. The zero-order valence-electron chi connectivity index (χ0n) is 14.7. The van der Waals surface area contributed by atoms with Crippen molar-refractivity contribution in [1.29, 1.82) is 0 Å². The first-order valence-corrected chi connectivity index (χ1v) is 9.21. The molecule has 0 bridgehead atoms. The summed E-state index contributed by atoms with van der Waals surface area (Å²) >= 11 is 0. The maximum atomic E-state index is 12.4. The molecule has 2 aliphatic carbocycles. The Hall–Kier alpha value is -0.710. The molecular formula is C19H33NO3. The summed E-state index contributed by atoms with van der Waals surface area (Å²) in [6.07, 6.45) is 12.9. The van der Waals surface area contributed by atoms with Crippen LogP contribution in [0.25, 0.3) is 0 Å². The fourth-order valence-corrected chi connectivity index (χ4v) is 3.91. The molecule has 1 N–H and O–H groups in total. The van der Waals surface area contributed by atoms with Gasteiger partial charge < -0.3 is 14.7 Å². The van der Waals surface area contributed by atoms with Crippen molar-refractivity contribution in [2.24, 2.45) is 11.8 Å². The molecule has 0 aromatic rings. The monoisotopic (exact) mass is 323 g/mol. The number of rotatable bonds is 7. The lowest BCUT2D eigenvalue weighted by Crippen LogP contribution is -2.33. The van der Waals surface area contributed by atoms with Gasteiger partial charge in [-0.1, -0.05) is 6.08 Å². The zero-order chi connectivity index (χ0) is 16.7. The molecule has 0 unspecified atom stereocenters. The van der Waals surface area contributed by atoms with Crippen LogP contribution in [0.3, 0.4) is 0 Å². The van der Waals surface area contributed by atoms with E-state index in [0.717, 1.165) is 51.4 Å². The van der Waals surface area contributed by atoms with Crippen LogP contribution in [0.15, 0.2) is 12.2 Å². The summed E-state index contributed by atoms with van der Waals surface area (Å²) in [7, 11) is 4.26. The summed E-state index contributed by atoms with van der Waals surface area (Å²) in [4.78, 5) is 14.7. The molecule has 0 aromatic heterocycles. The summed E-state index contributed by atoms with van der Waals surface area (Å²) < 4.78 is 5.59. The number of ketones is 1. The number of nitrogens with zero attached hydrogens (tertiary/aromatic N) is 1. The van der Waals surface area contributed by atoms with E-state index in [1.54, 1.807) is 0 Å². The summed E-state index contributed by atoms with van der Waals surface area (Å²) in [5.74, 6) is 1.10. The summed E-state index contributed by atoms with van der Waals surface area (Å²) in [6, 6.07) is 0.650. The second-order valence-corrected chi connectivity index (χ2v) is 7.36. The van der Waals surface area contributed by atoms with Gasteiger partial charge in [-0.05, 0) is 77.5 Å². The first-order chi connectivity index (χ1) is 11.1. The lowest BCUT2D eigenvalue weighted by Gasteiger charge is -2.31. The van der Waals surface area contributed by atoms with E-state index in [2.05, 4.69) is 25.1 Å². The van der Waals surface area contributed by atoms with E-state index in [-0.39, 0.29) is 12.5 Å². The summed E-state index contributed by atoms with van der Waals surface area (Å²) in [6.45, 7) is 0.545. The van der Waals surface area contributed by atoms with Crippen molar-refractivity contribution in [2.45, 2.75) is 63.5 Å². The second kappa shape index (κ2) is 9.55. The minimum atomic E-state index is 0.102. The van der Waals surface area contributed by atoms with E-state index in [0.29, 0.717) is 30.5 Å². The van der Waals surface area contributed by atoms with E-state index < -0.39 is 0 Å².